The van der Waals surface area contributed by atoms with Crippen LogP contribution < -0.4 is 0 Å². The average Bonchev–Trinajstić information content (AvgIpc) is 2.66. The van der Waals surface area contributed by atoms with Crippen molar-refractivity contribution in [3.63, 3.8) is 0 Å². The van der Waals surface area contributed by atoms with Crippen molar-refractivity contribution in [1.82, 2.24) is 0 Å². The summed E-state index contributed by atoms with van der Waals surface area (Å²) in [5, 5.41) is 0. The van der Waals surface area contributed by atoms with Crippen LogP contribution in [0.5, 0.6) is 0 Å². The lowest BCUT2D eigenvalue weighted by Gasteiger charge is -2.42. The third-order valence-corrected chi connectivity index (χ3v) is 6.43. The Labute approximate surface area is 176 Å². The molecule has 0 heterocycles. The lowest BCUT2D eigenvalue weighted by molar-refractivity contribution is 0.0526. The van der Waals surface area contributed by atoms with E-state index in [9.17, 15) is 4.79 Å². The van der Waals surface area contributed by atoms with Crippen LogP contribution in [0.3, 0.4) is 0 Å². The van der Waals surface area contributed by atoms with E-state index in [-0.39, 0.29) is 16.8 Å². The summed E-state index contributed by atoms with van der Waals surface area (Å²) in [6, 6.07) is 12.5. The molecule has 2 nitrogen and oxygen atoms in total. The number of fused-ring (bicyclic) bond motifs is 1. The maximum atomic E-state index is 11.9. The third kappa shape index (κ3) is 4.32. The highest BCUT2D eigenvalue weighted by molar-refractivity contribution is 5.90. The third-order valence-electron chi connectivity index (χ3n) is 6.43. The first-order chi connectivity index (χ1) is 13.5. The van der Waals surface area contributed by atoms with Crippen LogP contribution in [0.15, 0.2) is 36.4 Å². The molecular formula is C27H34O2. The van der Waals surface area contributed by atoms with Crippen LogP contribution in [-0.4, -0.2) is 12.6 Å². The molecule has 0 fully saturated rings. The molecule has 1 aliphatic rings. The summed E-state index contributed by atoms with van der Waals surface area (Å²) < 4.78 is 5.07. The van der Waals surface area contributed by atoms with Crippen LogP contribution in [0.1, 0.15) is 92.6 Å². The van der Waals surface area contributed by atoms with E-state index in [0.717, 1.165) is 5.56 Å². The van der Waals surface area contributed by atoms with Gasteiger partial charge >= 0.3 is 5.97 Å². The monoisotopic (exact) mass is 390 g/mol. The second kappa shape index (κ2) is 7.82. The standard InChI is InChI=1S/C27H34O2/c1-8-29-25(28)21-11-9-20(10-12-21)15-18(2)22-17-24-23(16-19(22)3)26(4,5)13-14-27(24,6)7/h9-12,15-17H,8,13-14H2,1-7H3/b18-15+. The van der Waals surface area contributed by atoms with Crippen molar-refractivity contribution in [2.75, 3.05) is 6.61 Å². The SMILES string of the molecule is CCOC(=O)c1ccc(/C=C(\C)c2cc3c(cc2C)C(C)(C)CCC3(C)C)cc1. The summed E-state index contributed by atoms with van der Waals surface area (Å²) in [5.74, 6) is -0.268. The lowest BCUT2D eigenvalue weighted by Crippen LogP contribution is -2.34. The second-order valence-electron chi connectivity index (χ2n) is 9.65. The average molecular weight is 391 g/mol. The smallest absolute Gasteiger partial charge is 0.338 e. The van der Waals surface area contributed by atoms with Gasteiger partial charge in [-0.3, -0.25) is 0 Å². The molecule has 3 rings (SSSR count). The highest BCUT2D eigenvalue weighted by atomic mass is 16.5. The van der Waals surface area contributed by atoms with E-state index in [4.69, 9.17) is 4.74 Å². The van der Waals surface area contributed by atoms with Crippen LogP contribution in [0.25, 0.3) is 11.6 Å². The largest absolute Gasteiger partial charge is 0.462 e. The molecule has 0 aromatic heterocycles. The van der Waals surface area contributed by atoms with Crippen molar-refractivity contribution >= 4 is 17.6 Å². The van der Waals surface area contributed by atoms with Crippen LogP contribution in [-0.2, 0) is 15.6 Å². The van der Waals surface area contributed by atoms with Crippen LogP contribution in [0, 0.1) is 6.92 Å². The van der Waals surface area contributed by atoms with Gasteiger partial charge in [0.1, 0.15) is 0 Å². The maximum Gasteiger partial charge on any atom is 0.338 e. The number of aryl methyl sites for hydroxylation is 1. The summed E-state index contributed by atoms with van der Waals surface area (Å²) in [4.78, 5) is 11.9. The Morgan fingerprint density at radius 1 is 1.00 bits per heavy atom. The minimum Gasteiger partial charge on any atom is -0.462 e. The van der Waals surface area contributed by atoms with Crippen molar-refractivity contribution in [3.05, 3.63) is 69.8 Å². The van der Waals surface area contributed by atoms with Gasteiger partial charge in [0.25, 0.3) is 0 Å². The Morgan fingerprint density at radius 2 is 1.55 bits per heavy atom. The maximum absolute atomic E-state index is 11.9. The molecule has 0 atom stereocenters. The van der Waals surface area contributed by atoms with Gasteiger partial charge in [-0.1, -0.05) is 58.0 Å². The number of carbonyl (C=O) groups is 1. The topological polar surface area (TPSA) is 26.3 Å². The van der Waals surface area contributed by atoms with Crippen molar-refractivity contribution in [3.8, 4) is 0 Å². The number of carbonyl (C=O) groups excluding carboxylic acids is 1. The van der Waals surface area contributed by atoms with Gasteiger partial charge in [-0.2, -0.15) is 0 Å². The number of rotatable bonds is 4. The summed E-state index contributed by atoms with van der Waals surface area (Å²) in [7, 11) is 0. The van der Waals surface area contributed by atoms with Gasteiger partial charge in [0.05, 0.1) is 12.2 Å². The molecule has 0 saturated heterocycles. The minimum absolute atomic E-state index is 0.203. The Bertz CT molecular complexity index is 943. The lowest BCUT2D eigenvalue weighted by atomic mass is 9.62. The number of hydrogen-bond donors (Lipinski definition) is 0. The van der Waals surface area contributed by atoms with E-state index in [2.05, 4.69) is 59.8 Å². The molecule has 29 heavy (non-hydrogen) atoms. The Hall–Kier alpha value is -2.35. The fraction of sp³-hybridized carbons (Fsp3) is 0.444. The first kappa shape index (κ1) is 21.4. The summed E-state index contributed by atoms with van der Waals surface area (Å²) in [6.45, 7) is 16.1. The zero-order valence-corrected chi connectivity index (χ0v) is 19.0. The van der Waals surface area contributed by atoms with E-state index in [0.29, 0.717) is 12.2 Å². The molecule has 0 N–H and O–H groups in total. The molecule has 0 unspecified atom stereocenters. The Morgan fingerprint density at radius 3 is 2.10 bits per heavy atom. The number of benzene rings is 2. The Balaban J connectivity index is 1.97. The predicted octanol–water partition coefficient (Wildman–Crippen LogP) is 7.08. The minimum atomic E-state index is -0.268. The fourth-order valence-electron chi connectivity index (χ4n) is 4.40. The van der Waals surface area contributed by atoms with Gasteiger partial charge in [0, 0.05) is 0 Å². The van der Waals surface area contributed by atoms with E-state index >= 15 is 0 Å². The first-order valence-corrected chi connectivity index (χ1v) is 10.7. The van der Waals surface area contributed by atoms with Crippen molar-refractivity contribution in [1.29, 1.82) is 0 Å². The molecule has 0 saturated carbocycles. The van der Waals surface area contributed by atoms with Crippen molar-refractivity contribution < 1.29 is 9.53 Å². The molecule has 0 aliphatic heterocycles. The number of hydrogen-bond acceptors (Lipinski definition) is 2. The van der Waals surface area contributed by atoms with Gasteiger partial charge < -0.3 is 4.74 Å². The van der Waals surface area contributed by atoms with E-state index in [1.54, 1.807) is 0 Å². The molecule has 1 aliphatic carbocycles. The van der Waals surface area contributed by atoms with Gasteiger partial charge in [0.2, 0.25) is 0 Å². The molecule has 2 heteroatoms. The van der Waals surface area contributed by atoms with Crippen molar-refractivity contribution in [2.45, 2.75) is 72.1 Å². The molecule has 0 bridgehead atoms. The van der Waals surface area contributed by atoms with E-state index in [1.165, 1.54) is 40.7 Å². The summed E-state index contributed by atoms with van der Waals surface area (Å²) in [5.41, 5.74) is 8.98. The van der Waals surface area contributed by atoms with Gasteiger partial charge in [-0.15, -0.1) is 0 Å². The highest BCUT2D eigenvalue weighted by Crippen LogP contribution is 2.47. The van der Waals surface area contributed by atoms with Gasteiger partial charge in [0.15, 0.2) is 0 Å². The molecule has 0 radical (unpaired) electrons. The van der Waals surface area contributed by atoms with Crippen LogP contribution in [0.4, 0.5) is 0 Å². The summed E-state index contributed by atoms with van der Waals surface area (Å²) >= 11 is 0. The molecule has 2 aromatic carbocycles. The quantitative estimate of drug-likeness (QED) is 0.412. The number of esters is 1. The number of allylic oxidation sites excluding steroid dienone is 1. The zero-order chi connectivity index (χ0) is 21.4. The fourth-order valence-corrected chi connectivity index (χ4v) is 4.40. The van der Waals surface area contributed by atoms with E-state index in [1.807, 2.05) is 31.2 Å². The van der Waals surface area contributed by atoms with Gasteiger partial charge in [-0.05, 0) is 90.0 Å². The normalized spacial score (nSPS) is 17.6. The molecule has 0 spiro atoms. The zero-order valence-electron chi connectivity index (χ0n) is 19.0. The van der Waals surface area contributed by atoms with Crippen LogP contribution in [0.2, 0.25) is 0 Å². The molecular weight excluding hydrogens is 356 g/mol. The second-order valence-corrected chi connectivity index (χ2v) is 9.65. The molecule has 154 valence electrons. The molecule has 0 amide bonds. The first-order valence-electron chi connectivity index (χ1n) is 10.7. The Kier molecular flexibility index (Phi) is 5.76. The van der Waals surface area contributed by atoms with E-state index < -0.39 is 0 Å². The van der Waals surface area contributed by atoms with Crippen LogP contribution >= 0.6 is 0 Å². The summed E-state index contributed by atoms with van der Waals surface area (Å²) in [6.07, 6.45) is 4.64. The predicted molar refractivity (Wildman–Crippen MR) is 122 cm³/mol. The highest BCUT2D eigenvalue weighted by Gasteiger charge is 2.37. The van der Waals surface area contributed by atoms with Crippen molar-refractivity contribution in [2.24, 2.45) is 0 Å². The number of ether oxygens (including phenoxy) is 1. The van der Waals surface area contributed by atoms with Gasteiger partial charge in [-0.25, -0.2) is 4.79 Å². The molecule has 2 aromatic rings.